The fourth-order valence-electron chi connectivity index (χ4n) is 3.58. The molecule has 0 aliphatic rings. The van der Waals surface area contributed by atoms with Gasteiger partial charge in [-0.15, -0.1) is 0 Å². The topological polar surface area (TPSA) is 0 Å². The zero-order chi connectivity index (χ0) is 11.8. The van der Waals surface area contributed by atoms with E-state index < -0.39 is 10.4 Å². The fraction of sp³-hybridized carbons (Fsp3) is 1.00. The summed E-state index contributed by atoms with van der Waals surface area (Å²) in [5.41, 5.74) is 0. The predicted octanol–water partition coefficient (Wildman–Crippen LogP) is 4.69. The van der Waals surface area contributed by atoms with Gasteiger partial charge in [0, 0.05) is 0 Å². The quantitative estimate of drug-likeness (QED) is 0.659. The van der Waals surface area contributed by atoms with Gasteiger partial charge in [-0.25, -0.2) is 0 Å². The molecule has 0 saturated carbocycles. The van der Waals surface area contributed by atoms with Crippen molar-refractivity contribution < 1.29 is 0 Å². The van der Waals surface area contributed by atoms with Gasteiger partial charge in [0.2, 0.25) is 0 Å². The SMILES string of the molecule is CC(C)[As]([As])(C(C)C)(C(C)C)C(C)C. The average molecular weight is 322 g/mol. The molecule has 0 aliphatic heterocycles. The number of hydrogen-bond donors (Lipinski definition) is 0. The fourth-order valence-corrected chi connectivity index (χ4v) is 18.6. The van der Waals surface area contributed by atoms with Gasteiger partial charge in [0.15, 0.2) is 0 Å². The van der Waals surface area contributed by atoms with E-state index >= 15 is 0 Å². The van der Waals surface area contributed by atoms with E-state index in [4.69, 9.17) is 0 Å². The Hall–Kier alpha value is 1.12. The maximum absolute atomic E-state index is 3.23. The standard InChI is InChI=1S/C12H28As2/c1-9(2)14(13,10(3)4,11(5)6)12(7)8/h9-12H,1-8H3. The molecular weight excluding hydrogens is 294 g/mol. The summed E-state index contributed by atoms with van der Waals surface area (Å²) in [7, 11) is -2.26. The summed E-state index contributed by atoms with van der Waals surface area (Å²) in [6, 6.07) is 0. The zero-order valence-corrected chi connectivity index (χ0v) is 15.0. The van der Waals surface area contributed by atoms with Crippen molar-refractivity contribution >= 4 is 25.2 Å². The zero-order valence-electron chi connectivity index (χ0n) is 11.2. The van der Waals surface area contributed by atoms with Crippen molar-refractivity contribution in [3.05, 3.63) is 0 Å². The maximum atomic E-state index is 3.23. The summed E-state index contributed by atoms with van der Waals surface area (Å²) in [4.78, 5) is 0. The molecule has 0 heterocycles. The van der Waals surface area contributed by atoms with Crippen LogP contribution in [0.2, 0.25) is 18.8 Å². The Labute approximate surface area is 99.0 Å². The van der Waals surface area contributed by atoms with Crippen LogP contribution in [0.3, 0.4) is 0 Å². The van der Waals surface area contributed by atoms with Gasteiger partial charge in [-0.2, -0.15) is 0 Å². The van der Waals surface area contributed by atoms with E-state index in [1.165, 1.54) is 0 Å². The molecule has 0 fully saturated rings. The molecule has 0 nitrogen and oxygen atoms in total. The summed E-state index contributed by atoms with van der Waals surface area (Å²) in [6.45, 7) is 19.6. The summed E-state index contributed by atoms with van der Waals surface area (Å²) in [5.74, 6) is 0. The Morgan fingerprint density at radius 3 is 0.714 bits per heavy atom. The van der Waals surface area contributed by atoms with Gasteiger partial charge in [-0.1, -0.05) is 0 Å². The van der Waals surface area contributed by atoms with Crippen LogP contribution in [-0.2, 0) is 0 Å². The van der Waals surface area contributed by atoms with Crippen LogP contribution in [0, 0.1) is 0 Å². The third-order valence-corrected chi connectivity index (χ3v) is 43.5. The van der Waals surface area contributed by atoms with Gasteiger partial charge < -0.3 is 0 Å². The molecule has 0 aliphatic carbocycles. The van der Waals surface area contributed by atoms with E-state index in [0.717, 1.165) is 18.8 Å². The first-order chi connectivity index (χ1) is 6.10. The molecule has 14 heavy (non-hydrogen) atoms. The van der Waals surface area contributed by atoms with E-state index in [2.05, 4.69) is 70.2 Å². The van der Waals surface area contributed by atoms with Gasteiger partial charge >= 0.3 is 99.4 Å². The monoisotopic (exact) mass is 322 g/mol. The van der Waals surface area contributed by atoms with Gasteiger partial charge in [-0.3, -0.25) is 0 Å². The Bertz CT molecular complexity index is 149. The molecule has 86 valence electrons. The molecule has 0 bridgehead atoms. The molecule has 0 atom stereocenters. The van der Waals surface area contributed by atoms with Crippen molar-refractivity contribution in [1.82, 2.24) is 0 Å². The number of hydrogen-bond acceptors (Lipinski definition) is 0. The molecule has 0 aromatic heterocycles. The number of rotatable bonds is 4. The second-order valence-electron chi connectivity index (χ2n) is 5.73. The van der Waals surface area contributed by atoms with E-state index in [1.54, 1.807) is 0 Å². The second-order valence-corrected chi connectivity index (χ2v) is 30.2. The van der Waals surface area contributed by atoms with Crippen molar-refractivity contribution in [2.45, 2.75) is 74.2 Å². The molecule has 0 aromatic carbocycles. The first-order valence-corrected chi connectivity index (χ1v) is 15.4. The summed E-state index contributed by atoms with van der Waals surface area (Å²) >= 11 is 3.23. The summed E-state index contributed by atoms with van der Waals surface area (Å²) in [5, 5.41) is 0. The molecule has 0 spiro atoms. The van der Waals surface area contributed by atoms with E-state index in [9.17, 15) is 0 Å². The molecule has 0 N–H and O–H groups in total. The first-order valence-electron chi connectivity index (χ1n) is 5.85. The second kappa shape index (κ2) is 4.55. The molecule has 0 rings (SSSR count). The molecule has 0 saturated heterocycles. The Morgan fingerprint density at radius 1 is 0.571 bits per heavy atom. The third kappa shape index (κ3) is 1.76. The van der Waals surface area contributed by atoms with Gasteiger partial charge in [-0.05, 0) is 0 Å². The third-order valence-electron chi connectivity index (χ3n) is 4.50. The molecular formula is C12H28As2. The minimum atomic E-state index is -2.26. The van der Waals surface area contributed by atoms with E-state index in [0.29, 0.717) is 0 Å². The van der Waals surface area contributed by atoms with Gasteiger partial charge in [0.1, 0.15) is 0 Å². The molecule has 2 heteroatoms. The van der Waals surface area contributed by atoms with Crippen molar-refractivity contribution in [2.75, 3.05) is 0 Å². The van der Waals surface area contributed by atoms with Crippen molar-refractivity contribution in [3.63, 3.8) is 0 Å². The summed E-state index contributed by atoms with van der Waals surface area (Å²) < 4.78 is 3.48. The Kier molecular flexibility index (Phi) is 4.91. The molecule has 0 aromatic rings. The van der Waals surface area contributed by atoms with Crippen LogP contribution in [0.1, 0.15) is 55.4 Å². The van der Waals surface area contributed by atoms with Crippen LogP contribution in [0.4, 0.5) is 0 Å². The van der Waals surface area contributed by atoms with Crippen molar-refractivity contribution in [3.8, 4) is 0 Å². The van der Waals surface area contributed by atoms with Crippen molar-refractivity contribution in [2.24, 2.45) is 0 Å². The molecule has 0 unspecified atom stereocenters. The van der Waals surface area contributed by atoms with Crippen LogP contribution in [0.15, 0.2) is 0 Å². The van der Waals surface area contributed by atoms with E-state index in [-0.39, 0.29) is 0 Å². The average Bonchev–Trinajstić information content (AvgIpc) is 2.00. The first kappa shape index (κ1) is 15.1. The van der Waals surface area contributed by atoms with Crippen molar-refractivity contribution in [1.29, 1.82) is 0 Å². The van der Waals surface area contributed by atoms with E-state index in [1.807, 2.05) is 0 Å². The van der Waals surface area contributed by atoms with Crippen LogP contribution in [0.5, 0.6) is 0 Å². The van der Waals surface area contributed by atoms with Crippen LogP contribution in [-0.4, -0.2) is 25.2 Å². The predicted molar refractivity (Wildman–Crippen MR) is 71.9 cm³/mol. The normalized spacial score (nSPS) is 16.8. The van der Waals surface area contributed by atoms with Crippen LogP contribution in [0.25, 0.3) is 0 Å². The molecule has 2 radical (unpaired) electrons. The molecule has 0 amide bonds. The van der Waals surface area contributed by atoms with Gasteiger partial charge in [0.25, 0.3) is 0 Å². The Balaban J connectivity index is 5.62. The Morgan fingerprint density at radius 2 is 0.714 bits per heavy atom. The van der Waals surface area contributed by atoms with Crippen LogP contribution >= 0.6 is 0 Å². The summed E-state index contributed by atoms with van der Waals surface area (Å²) in [6.07, 6.45) is 0. The van der Waals surface area contributed by atoms with Gasteiger partial charge in [0.05, 0.1) is 0 Å². The van der Waals surface area contributed by atoms with Crippen LogP contribution < -0.4 is 0 Å². The minimum absolute atomic E-state index is 0.869.